The summed E-state index contributed by atoms with van der Waals surface area (Å²) in [6, 6.07) is 12.1. The third-order valence-electron chi connectivity index (χ3n) is 4.23. The predicted molar refractivity (Wildman–Crippen MR) is 90.0 cm³/mol. The van der Waals surface area contributed by atoms with E-state index in [4.69, 9.17) is 5.11 Å². The third-order valence-corrected chi connectivity index (χ3v) is 4.23. The Hall–Kier alpha value is -2.40. The number of amides is 1. The van der Waals surface area contributed by atoms with Crippen LogP contribution in [-0.4, -0.2) is 47.1 Å². The van der Waals surface area contributed by atoms with E-state index >= 15 is 0 Å². The summed E-state index contributed by atoms with van der Waals surface area (Å²) in [5, 5.41) is 8.99. The Kier molecular flexibility index (Phi) is 4.30. The number of benzene rings is 1. The lowest BCUT2D eigenvalue weighted by molar-refractivity contribution is 0.0767. The first-order chi connectivity index (χ1) is 11.1. The molecular formula is C18H21N3O2. The van der Waals surface area contributed by atoms with Gasteiger partial charge in [-0.3, -0.25) is 4.79 Å². The lowest BCUT2D eigenvalue weighted by atomic mass is 10.1. The standard InChI is InChI=1S/C18H21N3O2/c1-13-11-14-5-3-4-6-16(14)21(13)17-12-15(7-8-19-17)18(23)20(2)9-10-22/h3-8,12-13,22H,9-11H2,1-2H3. The van der Waals surface area contributed by atoms with Crippen LogP contribution in [0.1, 0.15) is 22.8 Å². The van der Waals surface area contributed by atoms with E-state index in [2.05, 4.69) is 28.9 Å². The number of nitrogens with zero attached hydrogens (tertiary/aromatic N) is 3. The fraction of sp³-hybridized carbons (Fsp3) is 0.333. The second-order valence-corrected chi connectivity index (χ2v) is 5.90. The summed E-state index contributed by atoms with van der Waals surface area (Å²) in [5.74, 6) is 0.675. The van der Waals surface area contributed by atoms with Gasteiger partial charge < -0.3 is 14.9 Å². The maximum Gasteiger partial charge on any atom is 0.253 e. The monoisotopic (exact) mass is 311 g/mol. The molecule has 1 aromatic carbocycles. The van der Waals surface area contributed by atoms with Crippen molar-refractivity contribution >= 4 is 17.4 Å². The number of pyridine rings is 1. The Morgan fingerprint density at radius 2 is 2.17 bits per heavy atom. The minimum atomic E-state index is -0.108. The van der Waals surface area contributed by atoms with Crippen molar-refractivity contribution in [1.82, 2.24) is 9.88 Å². The number of carbonyl (C=O) groups excluding carboxylic acids is 1. The summed E-state index contributed by atoms with van der Waals surface area (Å²) in [4.78, 5) is 20.6. The van der Waals surface area contributed by atoms with Crippen LogP contribution < -0.4 is 4.90 Å². The van der Waals surface area contributed by atoms with E-state index in [1.807, 2.05) is 18.2 Å². The van der Waals surface area contributed by atoms with Crippen LogP contribution in [0.4, 0.5) is 11.5 Å². The summed E-state index contributed by atoms with van der Waals surface area (Å²) in [6.45, 7) is 2.43. The minimum absolute atomic E-state index is 0.0449. The second-order valence-electron chi connectivity index (χ2n) is 5.90. The molecule has 0 saturated heterocycles. The van der Waals surface area contributed by atoms with E-state index < -0.39 is 0 Å². The van der Waals surface area contributed by atoms with Crippen LogP contribution in [0, 0.1) is 0 Å². The molecule has 1 atom stereocenters. The molecular weight excluding hydrogens is 290 g/mol. The van der Waals surface area contributed by atoms with Gasteiger partial charge in [-0.05, 0) is 37.1 Å². The highest BCUT2D eigenvalue weighted by molar-refractivity contribution is 5.95. The molecule has 1 aliphatic heterocycles. The maximum atomic E-state index is 12.4. The van der Waals surface area contributed by atoms with Gasteiger partial charge in [0.2, 0.25) is 0 Å². The molecule has 120 valence electrons. The second kappa shape index (κ2) is 6.38. The highest BCUT2D eigenvalue weighted by Gasteiger charge is 2.28. The molecule has 0 bridgehead atoms. The molecule has 1 unspecified atom stereocenters. The van der Waals surface area contributed by atoms with Gasteiger partial charge in [-0.2, -0.15) is 0 Å². The molecule has 2 heterocycles. The highest BCUT2D eigenvalue weighted by Crippen LogP contribution is 2.37. The fourth-order valence-electron chi connectivity index (χ4n) is 3.07. The van der Waals surface area contributed by atoms with E-state index in [0.29, 0.717) is 18.2 Å². The average Bonchev–Trinajstić information content (AvgIpc) is 2.90. The Bertz CT molecular complexity index is 717. The summed E-state index contributed by atoms with van der Waals surface area (Å²) in [6.07, 6.45) is 2.64. The number of anilines is 2. The predicted octanol–water partition coefficient (Wildman–Crippen LogP) is 2.23. The molecule has 0 fully saturated rings. The van der Waals surface area contributed by atoms with Gasteiger partial charge in [-0.15, -0.1) is 0 Å². The fourth-order valence-corrected chi connectivity index (χ4v) is 3.07. The molecule has 5 nitrogen and oxygen atoms in total. The van der Waals surface area contributed by atoms with Crippen LogP contribution in [0.2, 0.25) is 0 Å². The van der Waals surface area contributed by atoms with Crippen molar-refractivity contribution in [1.29, 1.82) is 0 Å². The van der Waals surface area contributed by atoms with Crippen LogP contribution >= 0.6 is 0 Å². The number of aliphatic hydroxyl groups is 1. The Morgan fingerprint density at radius 1 is 1.39 bits per heavy atom. The van der Waals surface area contributed by atoms with Gasteiger partial charge in [-0.1, -0.05) is 18.2 Å². The van der Waals surface area contributed by atoms with Crippen molar-refractivity contribution in [3.05, 3.63) is 53.7 Å². The van der Waals surface area contributed by atoms with Crippen molar-refractivity contribution in [2.75, 3.05) is 25.1 Å². The topological polar surface area (TPSA) is 56.7 Å². The first kappa shape index (κ1) is 15.5. The average molecular weight is 311 g/mol. The number of fused-ring (bicyclic) bond motifs is 1. The Balaban J connectivity index is 1.93. The molecule has 0 radical (unpaired) electrons. The Labute approximate surface area is 136 Å². The van der Waals surface area contributed by atoms with Gasteiger partial charge in [0.05, 0.1) is 6.61 Å². The van der Waals surface area contributed by atoms with Gasteiger partial charge in [0.1, 0.15) is 5.82 Å². The van der Waals surface area contributed by atoms with E-state index in [0.717, 1.165) is 17.9 Å². The van der Waals surface area contributed by atoms with Gasteiger partial charge in [-0.25, -0.2) is 4.98 Å². The van der Waals surface area contributed by atoms with Crippen molar-refractivity contribution in [2.45, 2.75) is 19.4 Å². The van der Waals surface area contributed by atoms with Crippen molar-refractivity contribution in [2.24, 2.45) is 0 Å². The SMILES string of the molecule is CC1Cc2ccccc2N1c1cc(C(=O)N(C)CCO)ccn1. The molecule has 2 aromatic rings. The van der Waals surface area contributed by atoms with E-state index in [9.17, 15) is 4.79 Å². The van der Waals surface area contributed by atoms with Crippen molar-refractivity contribution in [3.63, 3.8) is 0 Å². The third kappa shape index (κ3) is 2.92. The molecule has 0 aliphatic carbocycles. The van der Waals surface area contributed by atoms with Crippen molar-refractivity contribution in [3.8, 4) is 0 Å². The van der Waals surface area contributed by atoms with Gasteiger partial charge in [0, 0.05) is 37.1 Å². The molecule has 1 aliphatic rings. The first-order valence-electron chi connectivity index (χ1n) is 7.81. The lowest BCUT2D eigenvalue weighted by Gasteiger charge is -2.24. The molecule has 5 heteroatoms. The molecule has 0 saturated carbocycles. The summed E-state index contributed by atoms with van der Waals surface area (Å²) in [5.41, 5.74) is 3.04. The van der Waals surface area contributed by atoms with Gasteiger partial charge in [0.25, 0.3) is 5.91 Å². The number of hydrogen-bond donors (Lipinski definition) is 1. The lowest BCUT2D eigenvalue weighted by Crippen LogP contribution is -2.30. The number of para-hydroxylation sites is 1. The molecule has 0 spiro atoms. The van der Waals surface area contributed by atoms with Crippen molar-refractivity contribution < 1.29 is 9.90 Å². The van der Waals surface area contributed by atoms with Crippen LogP contribution in [0.3, 0.4) is 0 Å². The number of aromatic nitrogens is 1. The summed E-state index contributed by atoms with van der Waals surface area (Å²) >= 11 is 0. The highest BCUT2D eigenvalue weighted by atomic mass is 16.3. The van der Waals surface area contributed by atoms with E-state index in [-0.39, 0.29) is 12.5 Å². The summed E-state index contributed by atoms with van der Waals surface area (Å²) in [7, 11) is 1.69. The number of aliphatic hydroxyl groups excluding tert-OH is 1. The van der Waals surface area contributed by atoms with Crippen LogP contribution in [0.15, 0.2) is 42.6 Å². The quantitative estimate of drug-likeness (QED) is 0.941. The largest absolute Gasteiger partial charge is 0.395 e. The molecule has 23 heavy (non-hydrogen) atoms. The Morgan fingerprint density at radius 3 is 2.96 bits per heavy atom. The zero-order valence-electron chi connectivity index (χ0n) is 13.4. The number of rotatable bonds is 4. The molecule has 1 aromatic heterocycles. The summed E-state index contributed by atoms with van der Waals surface area (Å²) < 4.78 is 0. The van der Waals surface area contributed by atoms with Crippen LogP contribution in [0.25, 0.3) is 0 Å². The molecule has 3 rings (SSSR count). The maximum absolute atomic E-state index is 12.4. The van der Waals surface area contributed by atoms with E-state index in [1.165, 1.54) is 10.5 Å². The normalized spacial score (nSPS) is 16.3. The number of likely N-dealkylation sites (N-methyl/N-ethyl adjacent to an activating group) is 1. The smallest absolute Gasteiger partial charge is 0.253 e. The zero-order chi connectivity index (χ0) is 16.4. The van der Waals surface area contributed by atoms with Gasteiger partial charge in [0.15, 0.2) is 0 Å². The van der Waals surface area contributed by atoms with E-state index in [1.54, 1.807) is 19.3 Å². The molecule has 1 amide bonds. The minimum Gasteiger partial charge on any atom is -0.395 e. The van der Waals surface area contributed by atoms with Crippen LogP contribution in [0.5, 0.6) is 0 Å². The molecule has 1 N–H and O–H groups in total. The number of hydrogen-bond acceptors (Lipinski definition) is 4. The first-order valence-corrected chi connectivity index (χ1v) is 7.81. The van der Waals surface area contributed by atoms with Crippen LogP contribution in [-0.2, 0) is 6.42 Å². The van der Waals surface area contributed by atoms with Gasteiger partial charge >= 0.3 is 0 Å². The zero-order valence-corrected chi connectivity index (χ0v) is 13.4. The number of carbonyl (C=O) groups is 1.